The fourth-order valence-electron chi connectivity index (χ4n) is 2.86. The van der Waals surface area contributed by atoms with Crippen molar-refractivity contribution >= 4 is 29.3 Å². The molecule has 0 aliphatic carbocycles. The molecule has 0 fully saturated rings. The minimum Gasteiger partial charge on any atom is -0.481 e. The smallest absolute Gasteiger partial charge is 0.230 e. The predicted molar refractivity (Wildman–Crippen MR) is 115 cm³/mol. The van der Waals surface area contributed by atoms with Gasteiger partial charge in [-0.3, -0.25) is 4.79 Å². The normalized spacial score (nSPS) is 13.0. The first-order valence-electron chi connectivity index (χ1n) is 9.33. The van der Waals surface area contributed by atoms with E-state index in [0.717, 1.165) is 5.56 Å². The molecule has 2 atom stereocenters. The van der Waals surface area contributed by atoms with Gasteiger partial charge in [-0.15, -0.1) is 10.2 Å². The van der Waals surface area contributed by atoms with E-state index in [2.05, 4.69) is 15.5 Å². The summed E-state index contributed by atoms with van der Waals surface area (Å²) in [7, 11) is 1.80. The first-order valence-corrected chi connectivity index (χ1v) is 10.7. The average Bonchev–Trinajstić information content (AvgIpc) is 3.09. The molecule has 0 bridgehead atoms. The molecule has 30 heavy (non-hydrogen) atoms. The summed E-state index contributed by atoms with van der Waals surface area (Å²) in [6.07, 6.45) is -0.466. The molecule has 0 spiro atoms. The molecule has 6 nitrogen and oxygen atoms in total. The van der Waals surface area contributed by atoms with Crippen LogP contribution in [0.5, 0.6) is 5.75 Å². The Morgan fingerprint density at radius 1 is 1.23 bits per heavy atom. The molecule has 3 aromatic rings. The van der Waals surface area contributed by atoms with Gasteiger partial charge in [0, 0.05) is 7.05 Å². The van der Waals surface area contributed by atoms with E-state index in [9.17, 15) is 9.18 Å². The van der Waals surface area contributed by atoms with Crippen LogP contribution in [0.2, 0.25) is 5.02 Å². The summed E-state index contributed by atoms with van der Waals surface area (Å²) in [4.78, 5) is 12.3. The summed E-state index contributed by atoms with van der Waals surface area (Å²) in [5.41, 5.74) is 1.04. The highest BCUT2D eigenvalue weighted by molar-refractivity contribution is 7.99. The summed E-state index contributed by atoms with van der Waals surface area (Å²) in [5, 5.41) is 12.1. The van der Waals surface area contributed by atoms with Gasteiger partial charge in [0.1, 0.15) is 11.6 Å². The van der Waals surface area contributed by atoms with E-state index < -0.39 is 11.9 Å². The molecule has 0 aliphatic heterocycles. The van der Waals surface area contributed by atoms with E-state index in [0.29, 0.717) is 16.7 Å². The highest BCUT2D eigenvalue weighted by Crippen LogP contribution is 2.30. The van der Waals surface area contributed by atoms with Crippen LogP contribution < -0.4 is 10.1 Å². The van der Waals surface area contributed by atoms with Crippen molar-refractivity contribution in [3.63, 3.8) is 0 Å². The second kappa shape index (κ2) is 9.95. The second-order valence-corrected chi connectivity index (χ2v) is 8.07. The van der Waals surface area contributed by atoms with Gasteiger partial charge in [0.25, 0.3) is 0 Å². The maximum absolute atomic E-state index is 13.2. The van der Waals surface area contributed by atoms with E-state index in [1.807, 2.05) is 37.3 Å². The first-order chi connectivity index (χ1) is 14.3. The molecule has 2 aromatic carbocycles. The lowest BCUT2D eigenvalue weighted by Gasteiger charge is -2.15. The number of thioether (sulfide) groups is 1. The molecule has 158 valence electrons. The SMILES string of the molecule is CC(NC(=O)CSc1nnc(C(C)Oc2ccc(F)cc2Cl)n1C)c1ccccc1. The monoisotopic (exact) mass is 448 g/mol. The summed E-state index contributed by atoms with van der Waals surface area (Å²) < 4.78 is 20.8. The minimum absolute atomic E-state index is 0.0803. The van der Waals surface area contributed by atoms with Crippen molar-refractivity contribution in [3.8, 4) is 5.75 Å². The Morgan fingerprint density at radius 2 is 1.97 bits per heavy atom. The number of benzene rings is 2. The maximum Gasteiger partial charge on any atom is 0.230 e. The molecule has 1 aromatic heterocycles. The number of nitrogens with zero attached hydrogens (tertiary/aromatic N) is 3. The Bertz CT molecular complexity index is 1020. The topological polar surface area (TPSA) is 69.0 Å². The van der Waals surface area contributed by atoms with Crippen molar-refractivity contribution in [2.24, 2.45) is 7.05 Å². The van der Waals surface area contributed by atoms with Crippen LogP contribution in [-0.2, 0) is 11.8 Å². The van der Waals surface area contributed by atoms with Gasteiger partial charge in [-0.25, -0.2) is 4.39 Å². The third-order valence-electron chi connectivity index (χ3n) is 4.44. The third-order valence-corrected chi connectivity index (χ3v) is 5.75. The molecule has 1 amide bonds. The van der Waals surface area contributed by atoms with Crippen LogP contribution in [0.4, 0.5) is 4.39 Å². The molecule has 9 heteroatoms. The van der Waals surface area contributed by atoms with Crippen molar-refractivity contribution in [3.05, 3.63) is 70.8 Å². The fraction of sp³-hybridized carbons (Fsp3) is 0.286. The van der Waals surface area contributed by atoms with E-state index >= 15 is 0 Å². The molecular formula is C21H22ClFN4O2S. The van der Waals surface area contributed by atoms with Crippen LogP contribution in [-0.4, -0.2) is 26.4 Å². The lowest BCUT2D eigenvalue weighted by atomic mass is 10.1. The van der Waals surface area contributed by atoms with Gasteiger partial charge in [-0.2, -0.15) is 0 Å². The molecular weight excluding hydrogens is 427 g/mol. The van der Waals surface area contributed by atoms with Crippen molar-refractivity contribution < 1.29 is 13.9 Å². The Morgan fingerprint density at radius 3 is 2.67 bits per heavy atom. The minimum atomic E-state index is -0.466. The lowest BCUT2D eigenvalue weighted by Crippen LogP contribution is -2.28. The molecule has 0 radical (unpaired) electrons. The van der Waals surface area contributed by atoms with E-state index in [1.54, 1.807) is 18.5 Å². The molecule has 1 heterocycles. The van der Waals surface area contributed by atoms with E-state index in [4.69, 9.17) is 16.3 Å². The molecule has 0 saturated heterocycles. The maximum atomic E-state index is 13.2. The first kappa shape index (κ1) is 22.1. The average molecular weight is 449 g/mol. The van der Waals surface area contributed by atoms with Crippen LogP contribution in [0.1, 0.15) is 37.4 Å². The molecule has 3 rings (SSSR count). The van der Waals surface area contributed by atoms with Crippen molar-refractivity contribution in [1.29, 1.82) is 0 Å². The second-order valence-electron chi connectivity index (χ2n) is 6.72. The van der Waals surface area contributed by atoms with Crippen LogP contribution in [0, 0.1) is 5.82 Å². The zero-order valence-electron chi connectivity index (χ0n) is 16.8. The highest BCUT2D eigenvalue weighted by Gasteiger charge is 2.19. The van der Waals surface area contributed by atoms with Crippen LogP contribution in [0.3, 0.4) is 0 Å². The van der Waals surface area contributed by atoms with Gasteiger partial charge in [-0.1, -0.05) is 53.7 Å². The number of halogens is 2. The number of amides is 1. The van der Waals surface area contributed by atoms with Crippen LogP contribution in [0.15, 0.2) is 53.7 Å². The van der Waals surface area contributed by atoms with Crippen LogP contribution >= 0.6 is 23.4 Å². The van der Waals surface area contributed by atoms with E-state index in [-0.39, 0.29) is 22.7 Å². The highest BCUT2D eigenvalue weighted by atomic mass is 35.5. The number of carbonyl (C=O) groups is 1. The van der Waals surface area contributed by atoms with Gasteiger partial charge in [-0.05, 0) is 37.6 Å². The van der Waals surface area contributed by atoms with Gasteiger partial charge in [0.15, 0.2) is 17.1 Å². The van der Waals surface area contributed by atoms with Gasteiger partial charge in [0.2, 0.25) is 5.91 Å². The number of hydrogen-bond acceptors (Lipinski definition) is 5. The predicted octanol–water partition coefficient (Wildman–Crippen LogP) is 4.72. The van der Waals surface area contributed by atoms with Gasteiger partial charge >= 0.3 is 0 Å². The Kier molecular flexibility index (Phi) is 7.33. The molecule has 2 unspecified atom stereocenters. The number of ether oxygens (including phenoxy) is 1. The van der Waals surface area contributed by atoms with Crippen molar-refractivity contribution in [2.75, 3.05) is 5.75 Å². The standard InChI is InChI=1S/C21H22ClFN4O2S/c1-13(15-7-5-4-6-8-15)24-19(28)12-30-21-26-25-20(27(21)3)14(2)29-18-10-9-16(23)11-17(18)22/h4-11,13-14H,12H2,1-3H3,(H,24,28). The Labute approximate surface area is 183 Å². The lowest BCUT2D eigenvalue weighted by molar-refractivity contribution is -0.119. The molecule has 1 N–H and O–H groups in total. The molecule has 0 saturated carbocycles. The number of hydrogen-bond donors (Lipinski definition) is 1. The quantitative estimate of drug-likeness (QED) is 0.505. The third kappa shape index (κ3) is 5.52. The summed E-state index contributed by atoms with van der Waals surface area (Å²) >= 11 is 7.31. The fourth-order valence-corrected chi connectivity index (χ4v) is 3.80. The number of rotatable bonds is 8. The van der Waals surface area contributed by atoms with Crippen molar-refractivity contribution in [2.45, 2.75) is 31.1 Å². The summed E-state index contributed by atoms with van der Waals surface area (Å²) in [5.74, 6) is 0.607. The summed E-state index contributed by atoms with van der Waals surface area (Å²) in [6, 6.07) is 13.6. The van der Waals surface area contributed by atoms with Gasteiger partial charge < -0.3 is 14.6 Å². The van der Waals surface area contributed by atoms with Gasteiger partial charge in [0.05, 0.1) is 16.8 Å². The van der Waals surface area contributed by atoms with E-state index in [1.165, 1.54) is 30.0 Å². The number of carbonyl (C=O) groups excluding carboxylic acids is 1. The Balaban J connectivity index is 1.57. The Hall–Kier alpha value is -2.58. The number of aromatic nitrogens is 3. The van der Waals surface area contributed by atoms with Crippen LogP contribution in [0.25, 0.3) is 0 Å². The number of nitrogens with one attached hydrogen (secondary N) is 1. The summed E-state index contributed by atoms with van der Waals surface area (Å²) in [6.45, 7) is 3.74. The zero-order valence-corrected chi connectivity index (χ0v) is 18.4. The molecule has 0 aliphatic rings. The zero-order chi connectivity index (χ0) is 21.7. The van der Waals surface area contributed by atoms with Crippen molar-refractivity contribution in [1.82, 2.24) is 20.1 Å². The largest absolute Gasteiger partial charge is 0.481 e.